The predicted molar refractivity (Wildman–Crippen MR) is 426 cm³/mol. The van der Waals surface area contributed by atoms with Gasteiger partial charge in [-0.15, -0.1) is 94.1 Å². The van der Waals surface area contributed by atoms with Gasteiger partial charge in [-0.25, -0.2) is 0 Å². The number of rotatable bonds is 38. The second-order valence-electron chi connectivity index (χ2n) is 18.2. The third-order valence-electron chi connectivity index (χ3n) is 11.6. The van der Waals surface area contributed by atoms with Crippen molar-refractivity contribution in [1.29, 1.82) is 0 Å². The first-order chi connectivity index (χ1) is 40.7. The molecule has 8 heterocycles. The molecule has 0 aromatic heterocycles. The number of esters is 2. The molecule has 8 aliphatic rings. The Hall–Kier alpha value is 4.74. The van der Waals surface area contributed by atoms with Crippen LogP contribution in [-0.4, -0.2) is 64.8 Å². The average molecular weight is 1570 g/mol. The van der Waals surface area contributed by atoms with Crippen molar-refractivity contribution in [2.75, 3.05) is 52.8 Å². The maximum atomic E-state index is 12.5. The highest BCUT2D eigenvalue weighted by molar-refractivity contribution is 8.53. The second kappa shape index (κ2) is 41.6. The molecule has 0 amide bonds. The molecule has 0 saturated carbocycles. The van der Waals surface area contributed by atoms with Gasteiger partial charge in [-0.3, -0.25) is 9.59 Å². The lowest BCUT2D eigenvalue weighted by Gasteiger charge is -2.08. The van der Waals surface area contributed by atoms with Gasteiger partial charge in [0, 0.05) is 16.6 Å². The third-order valence-corrected chi connectivity index (χ3v) is 47.5. The van der Waals surface area contributed by atoms with Crippen LogP contribution in [0.25, 0.3) is 0 Å². The Balaban J connectivity index is 0.885. The van der Waals surface area contributed by atoms with E-state index in [1.54, 1.807) is 23.5 Å². The van der Waals surface area contributed by atoms with Crippen LogP contribution in [0.15, 0.2) is 84.7 Å². The fourth-order valence-electron chi connectivity index (χ4n) is 7.47. The molecule has 4 nitrogen and oxygen atoms in total. The number of carbonyl (C=O) groups is 2. The minimum Gasteiger partial charge on any atom is -0.466 e. The number of thioether (sulfide) groups is 24. The third kappa shape index (κ3) is 24.1. The minimum absolute atomic E-state index is 0.128. The molecule has 460 valence electrons. The predicted octanol–water partition coefficient (Wildman–Crippen LogP) is 28.1. The topological polar surface area (TPSA) is 52.6 Å². The lowest BCUT2D eigenvalue weighted by atomic mass is 10.2. The van der Waals surface area contributed by atoms with Crippen molar-refractivity contribution in [3.05, 3.63) is 84.7 Å². The van der Waals surface area contributed by atoms with E-state index in [4.69, 9.17) is 9.47 Å². The van der Waals surface area contributed by atoms with E-state index in [2.05, 4.69) is 74.7 Å². The Morgan fingerprint density at radius 3 is 0.687 bits per heavy atom. The zero-order chi connectivity index (χ0) is 58.2. The average Bonchev–Trinajstić information content (AvgIpc) is 4.37. The van der Waals surface area contributed by atoms with E-state index >= 15 is 0 Å². The zero-order valence-corrected chi connectivity index (χ0v) is 67.1. The van der Waals surface area contributed by atoms with Crippen molar-refractivity contribution in [2.45, 2.75) is 157 Å². The van der Waals surface area contributed by atoms with Crippen LogP contribution < -0.4 is 0 Å². The van der Waals surface area contributed by atoms with Crippen molar-refractivity contribution >= 4 is 294 Å². The van der Waals surface area contributed by atoms with E-state index in [9.17, 15) is 9.59 Å². The van der Waals surface area contributed by atoms with Crippen LogP contribution in [-0.2, 0) is 19.1 Å². The summed E-state index contributed by atoms with van der Waals surface area (Å²) in [5, 5.41) is 0.874. The number of unbranched alkanes of at least 4 members (excludes halogenated alkanes) is 12. The maximum Gasteiger partial charge on any atom is 0.306 e. The van der Waals surface area contributed by atoms with Crippen LogP contribution >= 0.6 is 282 Å². The van der Waals surface area contributed by atoms with Gasteiger partial charge in [-0.2, -0.15) is 0 Å². The summed E-state index contributed by atoms with van der Waals surface area (Å²) >= 11 is 47.5. The lowest BCUT2D eigenvalue weighted by Crippen LogP contribution is -2.04. The normalized spacial score (nSPS) is 19.3. The van der Waals surface area contributed by atoms with Crippen LogP contribution in [0.3, 0.4) is 0 Å². The minimum atomic E-state index is -0.128. The van der Waals surface area contributed by atoms with Crippen molar-refractivity contribution < 1.29 is 19.1 Å². The SMILES string of the molecule is CCCCCCSC1=C(SCCCCCC)SC(=C2SC3=C(S2)SC(=C2SC(SCCC(=O)OCC)=C(SCSC4=C(SCCC(=O)OCC)SC(=C5SC6=C(SC(=C7SC(SCCCCCC)=C(SCCCCCC)S7)S6)S5)S4)S2)S3)S1. The number of ether oxygens (including phenoxy) is 2. The van der Waals surface area contributed by atoms with Gasteiger partial charge < -0.3 is 9.47 Å². The van der Waals surface area contributed by atoms with Gasteiger partial charge in [-0.05, 0) is 62.5 Å². The molecule has 0 radical (unpaired) electrons. The summed E-state index contributed by atoms with van der Waals surface area (Å²) in [6, 6.07) is 0. The van der Waals surface area contributed by atoms with E-state index in [-0.39, 0.29) is 11.9 Å². The van der Waals surface area contributed by atoms with Crippen LogP contribution in [0.2, 0.25) is 0 Å². The number of hydrogen-bond donors (Lipinski definition) is 0. The van der Waals surface area contributed by atoms with Crippen molar-refractivity contribution in [3.8, 4) is 0 Å². The molecule has 0 aliphatic carbocycles. The molecular formula is C55H72O4S24. The lowest BCUT2D eigenvalue weighted by molar-refractivity contribution is -0.143. The van der Waals surface area contributed by atoms with Gasteiger partial charge in [0.05, 0.1) is 111 Å². The molecule has 8 rings (SSSR count). The standard InChI is InChI=1S/C55H72O4S24/c1-7-13-17-21-27-60-36-37(61-28-22-18-14-8-2)69-44(68-36)48-76-52-53(77-48)81-50(80-52)46-72-40(64-31-25-34(56)58-11-5)42(74-46)66-33-67-43-41(65-32-26-35(57)59-12-6)73-47(75-43)51-82-54-55(83-51)79-49(78-54)45-70-38(62-29-23-19-15-9-3)39(71-45)63-30-24-20-16-10-4/h7-33H2,1-6H3. The molecule has 28 heteroatoms. The van der Waals surface area contributed by atoms with Crippen LogP contribution in [0.5, 0.6) is 0 Å². The fraction of sp³-hybridized carbons (Fsp3) is 0.600. The summed E-state index contributed by atoms with van der Waals surface area (Å²) in [7, 11) is 0. The summed E-state index contributed by atoms with van der Waals surface area (Å²) in [6.07, 6.45) is 21.8. The highest BCUT2D eigenvalue weighted by atomic mass is 32.3. The van der Waals surface area contributed by atoms with E-state index in [0.29, 0.717) is 37.6 Å². The van der Waals surface area contributed by atoms with E-state index in [1.807, 2.05) is 226 Å². The van der Waals surface area contributed by atoms with Gasteiger partial charge in [-0.1, -0.05) is 293 Å². The fourth-order valence-corrected chi connectivity index (χ4v) is 45.5. The number of hydrogen-bond acceptors (Lipinski definition) is 28. The molecule has 83 heavy (non-hydrogen) atoms. The smallest absolute Gasteiger partial charge is 0.306 e. The summed E-state index contributed by atoms with van der Waals surface area (Å²) in [5.74, 6) is 6.01. The van der Waals surface area contributed by atoms with E-state index in [0.717, 1.165) is 5.08 Å². The molecule has 0 N–H and O–H groups in total. The summed E-state index contributed by atoms with van der Waals surface area (Å²) < 4.78 is 39.2. The van der Waals surface area contributed by atoms with E-state index in [1.165, 1.54) is 210 Å². The first-order valence-corrected chi connectivity index (χ1v) is 49.3. The first-order valence-electron chi connectivity index (χ1n) is 28.3. The van der Waals surface area contributed by atoms with Crippen LogP contribution in [0.4, 0.5) is 0 Å². The van der Waals surface area contributed by atoms with Crippen molar-refractivity contribution in [2.24, 2.45) is 0 Å². The van der Waals surface area contributed by atoms with E-state index < -0.39 is 0 Å². The Bertz CT molecular complexity index is 2340. The molecule has 0 aromatic carbocycles. The molecule has 0 unspecified atom stereocenters. The molecule has 8 aliphatic heterocycles. The Labute approximate surface area is 599 Å². The first kappa shape index (κ1) is 73.5. The van der Waals surface area contributed by atoms with Crippen LogP contribution in [0.1, 0.15) is 157 Å². The Morgan fingerprint density at radius 1 is 0.265 bits per heavy atom. The molecular weight excluding hydrogens is 1490 g/mol. The summed E-state index contributed by atoms with van der Waals surface area (Å²) in [4.78, 5) is 25.0. The maximum absolute atomic E-state index is 12.5. The largest absolute Gasteiger partial charge is 0.466 e. The quantitative estimate of drug-likeness (QED) is 0.0335. The van der Waals surface area contributed by atoms with Gasteiger partial charge in [0.15, 0.2) is 0 Å². The van der Waals surface area contributed by atoms with Gasteiger partial charge in [0.25, 0.3) is 0 Å². The highest BCUT2D eigenvalue weighted by Crippen LogP contribution is 2.75. The monoisotopic (exact) mass is 1560 g/mol. The number of carbonyl (C=O) groups excluding carboxylic acids is 2. The van der Waals surface area contributed by atoms with Gasteiger partial charge >= 0.3 is 11.9 Å². The second-order valence-corrected chi connectivity index (χ2v) is 48.7. The van der Waals surface area contributed by atoms with Crippen molar-refractivity contribution in [3.63, 3.8) is 0 Å². The molecule has 0 atom stereocenters. The Morgan fingerprint density at radius 2 is 0.470 bits per heavy atom. The summed E-state index contributed by atoms with van der Waals surface area (Å²) in [5.41, 5.74) is 0. The van der Waals surface area contributed by atoms with Crippen molar-refractivity contribution in [1.82, 2.24) is 0 Å². The van der Waals surface area contributed by atoms with Gasteiger partial charge in [0.1, 0.15) is 0 Å². The molecule has 0 bridgehead atoms. The molecule has 0 spiro atoms. The molecule has 0 saturated heterocycles. The zero-order valence-electron chi connectivity index (χ0n) is 47.5. The highest BCUT2D eigenvalue weighted by Gasteiger charge is 2.40. The van der Waals surface area contributed by atoms with Crippen LogP contribution in [0, 0.1) is 0 Å². The molecule has 0 aromatic rings. The van der Waals surface area contributed by atoms with Gasteiger partial charge in [0.2, 0.25) is 0 Å². The molecule has 0 fully saturated rings. The Kier molecular flexibility index (Phi) is 36.9. The summed E-state index contributed by atoms with van der Waals surface area (Å²) in [6.45, 7) is 13.8.